The normalized spacial score (nSPS) is 14.9. The van der Waals surface area contributed by atoms with Crippen LogP contribution < -0.4 is 0 Å². The summed E-state index contributed by atoms with van der Waals surface area (Å²) < 4.78 is 7.18. The van der Waals surface area contributed by atoms with E-state index in [0.717, 1.165) is 43.0 Å². The fourth-order valence-corrected chi connectivity index (χ4v) is 3.84. The van der Waals surface area contributed by atoms with Gasteiger partial charge in [-0.25, -0.2) is 0 Å². The van der Waals surface area contributed by atoms with Crippen molar-refractivity contribution >= 4 is 23.3 Å². The zero-order valence-electron chi connectivity index (χ0n) is 14.6. The van der Waals surface area contributed by atoms with Gasteiger partial charge < -0.3 is 9.42 Å². The van der Waals surface area contributed by atoms with Gasteiger partial charge in [0, 0.05) is 37.2 Å². The highest BCUT2D eigenvalue weighted by atomic mass is 32.2. The first-order chi connectivity index (χ1) is 12.7. The van der Waals surface area contributed by atoms with Crippen LogP contribution in [0.5, 0.6) is 0 Å². The number of pyridine rings is 1. The molecule has 4 heterocycles. The van der Waals surface area contributed by atoms with Gasteiger partial charge in [0.15, 0.2) is 11.5 Å². The monoisotopic (exact) mass is 372 g/mol. The molecule has 0 saturated carbocycles. The van der Waals surface area contributed by atoms with Crippen LogP contribution in [-0.2, 0) is 17.6 Å². The molecule has 3 aromatic heterocycles. The van der Waals surface area contributed by atoms with E-state index in [2.05, 4.69) is 27.3 Å². The Morgan fingerprint density at radius 2 is 2.12 bits per heavy atom. The van der Waals surface area contributed by atoms with E-state index in [9.17, 15) is 4.79 Å². The minimum atomic E-state index is 0.0908. The van der Waals surface area contributed by atoms with Gasteiger partial charge in [-0.1, -0.05) is 12.1 Å². The van der Waals surface area contributed by atoms with Gasteiger partial charge in [0.05, 0.1) is 12.0 Å². The molecule has 1 aliphatic rings. The van der Waals surface area contributed by atoms with Crippen LogP contribution in [0.15, 0.2) is 22.9 Å². The van der Waals surface area contributed by atoms with Crippen molar-refractivity contribution in [3.8, 4) is 11.5 Å². The van der Waals surface area contributed by atoms with Gasteiger partial charge in [0.25, 0.3) is 5.89 Å². The van der Waals surface area contributed by atoms with Crippen molar-refractivity contribution in [2.24, 2.45) is 0 Å². The van der Waals surface area contributed by atoms with Crippen LogP contribution in [0, 0.1) is 0 Å². The molecule has 0 bridgehead atoms. The third-order valence-corrected chi connectivity index (χ3v) is 5.28. The zero-order chi connectivity index (χ0) is 17.9. The molecule has 0 N–H and O–H groups in total. The third kappa shape index (κ3) is 3.44. The maximum atomic E-state index is 12.5. The number of fused-ring (bicyclic) bond motifs is 1. The van der Waals surface area contributed by atoms with Crippen LogP contribution in [0.2, 0.25) is 0 Å². The molecule has 1 saturated heterocycles. The molecule has 3 aromatic rings. The maximum absolute atomic E-state index is 12.5. The lowest BCUT2D eigenvalue weighted by molar-refractivity contribution is -0.130. The molecule has 1 fully saturated rings. The van der Waals surface area contributed by atoms with Crippen LogP contribution >= 0.6 is 11.8 Å². The Bertz CT molecular complexity index is 915. The minimum Gasteiger partial charge on any atom is -0.341 e. The first kappa shape index (κ1) is 17.0. The number of aryl methyl sites for hydroxylation is 1. The van der Waals surface area contributed by atoms with Gasteiger partial charge in [-0.2, -0.15) is 16.7 Å². The van der Waals surface area contributed by atoms with Gasteiger partial charge in [-0.15, -0.1) is 10.2 Å². The van der Waals surface area contributed by atoms with Crippen molar-refractivity contribution in [2.75, 3.05) is 24.6 Å². The first-order valence-corrected chi connectivity index (χ1v) is 9.92. The quantitative estimate of drug-likeness (QED) is 0.675. The Balaban J connectivity index is 1.58. The predicted octanol–water partition coefficient (Wildman–Crippen LogP) is 1.85. The van der Waals surface area contributed by atoms with Crippen molar-refractivity contribution in [1.82, 2.24) is 29.6 Å². The van der Waals surface area contributed by atoms with Crippen molar-refractivity contribution < 1.29 is 9.32 Å². The number of aromatic nitrogens is 5. The lowest BCUT2D eigenvalue weighted by Crippen LogP contribution is -2.39. The summed E-state index contributed by atoms with van der Waals surface area (Å²) in [6.07, 6.45) is 3.84. The SMILES string of the molecule is CCCc1noc(-c2ccc3nnc(CC(=O)N4CCSCC4)n3c2)n1. The van der Waals surface area contributed by atoms with Crippen LogP contribution in [0.1, 0.15) is 25.0 Å². The summed E-state index contributed by atoms with van der Waals surface area (Å²) in [5.41, 5.74) is 1.48. The molecule has 0 unspecified atom stereocenters. The Labute approximate surface area is 155 Å². The van der Waals surface area contributed by atoms with Gasteiger partial charge in [0.1, 0.15) is 5.82 Å². The smallest absolute Gasteiger partial charge is 0.259 e. The summed E-state index contributed by atoms with van der Waals surface area (Å²) in [4.78, 5) is 18.8. The topological polar surface area (TPSA) is 89.4 Å². The zero-order valence-corrected chi connectivity index (χ0v) is 15.4. The summed E-state index contributed by atoms with van der Waals surface area (Å²) >= 11 is 1.88. The number of thioether (sulfide) groups is 1. The van der Waals surface area contributed by atoms with E-state index in [1.54, 1.807) is 0 Å². The third-order valence-electron chi connectivity index (χ3n) is 4.33. The van der Waals surface area contributed by atoms with E-state index in [0.29, 0.717) is 23.2 Å². The highest BCUT2D eigenvalue weighted by Crippen LogP contribution is 2.19. The molecule has 1 aliphatic heterocycles. The molecule has 0 aliphatic carbocycles. The predicted molar refractivity (Wildman–Crippen MR) is 97.9 cm³/mol. The molecular weight excluding hydrogens is 352 g/mol. The summed E-state index contributed by atoms with van der Waals surface area (Å²) in [5, 5.41) is 12.3. The number of hydrogen-bond donors (Lipinski definition) is 0. The lowest BCUT2D eigenvalue weighted by atomic mass is 10.2. The highest BCUT2D eigenvalue weighted by molar-refractivity contribution is 7.99. The number of rotatable bonds is 5. The van der Waals surface area contributed by atoms with Crippen molar-refractivity contribution in [1.29, 1.82) is 0 Å². The van der Waals surface area contributed by atoms with Crippen LogP contribution in [0.3, 0.4) is 0 Å². The Kier molecular flexibility index (Phi) is 4.87. The maximum Gasteiger partial charge on any atom is 0.259 e. The van der Waals surface area contributed by atoms with E-state index >= 15 is 0 Å². The molecule has 8 nitrogen and oxygen atoms in total. The second kappa shape index (κ2) is 7.45. The summed E-state index contributed by atoms with van der Waals surface area (Å²) in [7, 11) is 0. The summed E-state index contributed by atoms with van der Waals surface area (Å²) in [6, 6.07) is 3.72. The number of hydrogen-bond acceptors (Lipinski definition) is 7. The fraction of sp³-hybridized carbons (Fsp3) is 0.471. The summed E-state index contributed by atoms with van der Waals surface area (Å²) in [6.45, 7) is 3.67. The van der Waals surface area contributed by atoms with E-state index in [-0.39, 0.29) is 12.3 Å². The van der Waals surface area contributed by atoms with Crippen LogP contribution in [-0.4, -0.2) is 60.1 Å². The molecule has 26 heavy (non-hydrogen) atoms. The van der Waals surface area contributed by atoms with Crippen LogP contribution in [0.4, 0.5) is 0 Å². The molecule has 1 amide bonds. The highest BCUT2D eigenvalue weighted by Gasteiger charge is 2.20. The largest absolute Gasteiger partial charge is 0.341 e. The van der Waals surface area contributed by atoms with Gasteiger partial charge in [0.2, 0.25) is 5.91 Å². The number of nitrogens with zero attached hydrogens (tertiary/aromatic N) is 6. The number of carbonyl (C=O) groups is 1. The average molecular weight is 372 g/mol. The van der Waals surface area contributed by atoms with Gasteiger partial charge in [-0.05, 0) is 18.6 Å². The summed E-state index contributed by atoms with van der Waals surface area (Å²) in [5.74, 6) is 3.87. The van der Waals surface area contributed by atoms with Gasteiger partial charge >= 0.3 is 0 Å². The number of amides is 1. The standard InChI is InChI=1S/C17H20N6O2S/c1-2-3-13-18-17(25-21-13)12-4-5-14-19-20-15(23(14)11-12)10-16(24)22-6-8-26-9-7-22/h4-5,11H,2-3,6-10H2,1H3. The second-order valence-corrected chi connectivity index (χ2v) is 7.42. The first-order valence-electron chi connectivity index (χ1n) is 8.76. The molecule has 136 valence electrons. The van der Waals surface area contributed by atoms with Crippen molar-refractivity contribution in [2.45, 2.75) is 26.2 Å². The van der Waals surface area contributed by atoms with E-state index in [4.69, 9.17) is 4.52 Å². The molecular formula is C17H20N6O2S. The molecule has 0 spiro atoms. The Morgan fingerprint density at radius 3 is 2.92 bits per heavy atom. The average Bonchev–Trinajstić information content (AvgIpc) is 3.30. The lowest BCUT2D eigenvalue weighted by Gasteiger charge is -2.26. The molecule has 0 atom stereocenters. The van der Waals surface area contributed by atoms with E-state index < -0.39 is 0 Å². The van der Waals surface area contributed by atoms with E-state index in [1.807, 2.05) is 39.4 Å². The van der Waals surface area contributed by atoms with Gasteiger partial charge in [-0.3, -0.25) is 9.20 Å². The second-order valence-electron chi connectivity index (χ2n) is 6.20. The van der Waals surface area contributed by atoms with Crippen LogP contribution in [0.25, 0.3) is 17.1 Å². The minimum absolute atomic E-state index is 0.0908. The van der Waals surface area contributed by atoms with E-state index in [1.165, 1.54) is 0 Å². The number of carbonyl (C=O) groups excluding carboxylic acids is 1. The Hall–Kier alpha value is -2.42. The van der Waals surface area contributed by atoms with Crippen molar-refractivity contribution in [3.05, 3.63) is 30.0 Å². The van der Waals surface area contributed by atoms with Crippen molar-refractivity contribution in [3.63, 3.8) is 0 Å². The Morgan fingerprint density at radius 1 is 1.27 bits per heavy atom. The molecule has 0 radical (unpaired) electrons. The molecule has 9 heteroatoms. The molecule has 0 aromatic carbocycles. The fourth-order valence-electron chi connectivity index (χ4n) is 2.94. The molecule has 4 rings (SSSR count).